The van der Waals surface area contributed by atoms with Crippen LogP contribution in [0.2, 0.25) is 0 Å². The molecule has 0 saturated heterocycles. The number of benzene rings is 2. The van der Waals surface area contributed by atoms with Gasteiger partial charge in [0.15, 0.2) is 11.5 Å². The smallest absolute Gasteiger partial charge is 0.244 e. The molecule has 0 bridgehead atoms. The van der Waals surface area contributed by atoms with Crippen LogP contribution in [0.3, 0.4) is 0 Å². The van der Waals surface area contributed by atoms with Gasteiger partial charge >= 0.3 is 0 Å². The summed E-state index contributed by atoms with van der Waals surface area (Å²) in [4.78, 5) is 12.4. The van der Waals surface area contributed by atoms with Gasteiger partial charge in [0.1, 0.15) is 13.2 Å². The fraction of sp³-hybridized carbons (Fsp3) is 0.348. The van der Waals surface area contributed by atoms with Gasteiger partial charge in [0.05, 0.1) is 7.11 Å². The van der Waals surface area contributed by atoms with E-state index in [0.717, 1.165) is 18.4 Å². The lowest BCUT2D eigenvalue weighted by Crippen LogP contribution is -2.45. The zero-order valence-electron chi connectivity index (χ0n) is 16.1. The Labute approximate surface area is 165 Å². The van der Waals surface area contributed by atoms with Gasteiger partial charge in [0.25, 0.3) is 0 Å². The van der Waals surface area contributed by atoms with E-state index < -0.39 is 0 Å². The first-order valence-corrected chi connectivity index (χ1v) is 9.69. The second kappa shape index (κ2) is 7.97. The molecule has 1 aliphatic heterocycles. The second-order valence-corrected chi connectivity index (χ2v) is 7.30. The molecule has 1 amide bonds. The van der Waals surface area contributed by atoms with Gasteiger partial charge < -0.3 is 19.5 Å². The van der Waals surface area contributed by atoms with Gasteiger partial charge in [-0.2, -0.15) is 0 Å². The van der Waals surface area contributed by atoms with Crippen molar-refractivity contribution < 1.29 is 19.0 Å². The first-order valence-electron chi connectivity index (χ1n) is 9.69. The lowest BCUT2D eigenvalue weighted by Gasteiger charge is -2.42. The number of nitrogens with one attached hydrogen (secondary N) is 1. The average molecular weight is 379 g/mol. The van der Waals surface area contributed by atoms with E-state index in [1.54, 1.807) is 19.3 Å². The van der Waals surface area contributed by atoms with Crippen LogP contribution in [0.25, 0.3) is 6.08 Å². The van der Waals surface area contributed by atoms with Crippen molar-refractivity contribution in [1.82, 2.24) is 5.32 Å². The topological polar surface area (TPSA) is 56.8 Å². The standard InChI is InChI=1S/C23H25NO4/c1-26-19-14-17(15-20-22(19)28-13-12-27-20)8-9-21(25)24-16-23(10-5-11-23)18-6-3-2-4-7-18/h2-4,6-9,14-15H,5,10-13,16H2,1H3,(H,24,25)/b9-8+. The minimum absolute atomic E-state index is 0.0744. The Morgan fingerprint density at radius 1 is 1.18 bits per heavy atom. The zero-order chi connectivity index (χ0) is 19.4. The van der Waals surface area contributed by atoms with E-state index in [-0.39, 0.29) is 11.3 Å². The first kappa shape index (κ1) is 18.4. The molecule has 0 radical (unpaired) electrons. The molecule has 1 N–H and O–H groups in total. The molecule has 28 heavy (non-hydrogen) atoms. The molecule has 2 aromatic rings. The molecular weight excluding hydrogens is 354 g/mol. The van der Waals surface area contributed by atoms with Gasteiger partial charge in [-0.05, 0) is 42.2 Å². The summed E-state index contributed by atoms with van der Waals surface area (Å²) in [6, 6.07) is 14.2. The highest BCUT2D eigenvalue weighted by Gasteiger charge is 2.38. The van der Waals surface area contributed by atoms with Crippen LogP contribution in [0.4, 0.5) is 0 Å². The molecule has 0 aromatic heterocycles. The quantitative estimate of drug-likeness (QED) is 0.778. The summed E-state index contributed by atoms with van der Waals surface area (Å²) in [7, 11) is 1.59. The predicted molar refractivity (Wildman–Crippen MR) is 108 cm³/mol. The first-order chi connectivity index (χ1) is 13.7. The molecule has 0 unspecified atom stereocenters. The number of ether oxygens (including phenoxy) is 3. The summed E-state index contributed by atoms with van der Waals surface area (Å²) in [6.45, 7) is 1.67. The van der Waals surface area contributed by atoms with Gasteiger partial charge in [-0.15, -0.1) is 0 Å². The maximum atomic E-state index is 12.4. The molecule has 4 rings (SSSR count). The highest BCUT2D eigenvalue weighted by molar-refractivity contribution is 5.92. The van der Waals surface area contributed by atoms with Crippen molar-refractivity contribution in [3.05, 3.63) is 59.7 Å². The van der Waals surface area contributed by atoms with Crippen LogP contribution in [0.1, 0.15) is 30.4 Å². The van der Waals surface area contributed by atoms with Gasteiger partial charge in [-0.25, -0.2) is 0 Å². The third kappa shape index (κ3) is 3.70. The van der Waals surface area contributed by atoms with Crippen LogP contribution in [-0.4, -0.2) is 32.8 Å². The molecule has 2 aromatic carbocycles. The largest absolute Gasteiger partial charge is 0.493 e. The number of amides is 1. The SMILES string of the molecule is COc1cc(/C=C/C(=O)NCC2(c3ccccc3)CCC2)cc2c1OCCO2. The molecule has 1 aliphatic carbocycles. The van der Waals surface area contributed by atoms with Crippen LogP contribution < -0.4 is 19.5 Å². The molecule has 1 fully saturated rings. The van der Waals surface area contributed by atoms with E-state index in [9.17, 15) is 4.79 Å². The third-order valence-electron chi connectivity index (χ3n) is 5.58. The summed E-state index contributed by atoms with van der Waals surface area (Å²) in [6.07, 6.45) is 6.76. The number of fused-ring (bicyclic) bond motifs is 1. The van der Waals surface area contributed by atoms with Crippen molar-refractivity contribution in [2.24, 2.45) is 0 Å². The van der Waals surface area contributed by atoms with Crippen molar-refractivity contribution in [3.63, 3.8) is 0 Å². The third-order valence-corrected chi connectivity index (χ3v) is 5.58. The summed E-state index contributed by atoms with van der Waals surface area (Å²) >= 11 is 0. The van der Waals surface area contributed by atoms with Gasteiger partial charge in [0, 0.05) is 18.0 Å². The molecule has 5 heteroatoms. The Balaban J connectivity index is 1.42. The fourth-order valence-corrected chi connectivity index (χ4v) is 3.84. The Bertz CT molecular complexity index is 854. The molecule has 5 nitrogen and oxygen atoms in total. The van der Waals surface area contributed by atoms with Crippen LogP contribution in [0, 0.1) is 0 Å². The van der Waals surface area contributed by atoms with Crippen LogP contribution in [-0.2, 0) is 10.2 Å². The minimum Gasteiger partial charge on any atom is -0.493 e. The van der Waals surface area contributed by atoms with Crippen molar-refractivity contribution >= 4 is 12.0 Å². The number of carbonyl (C=O) groups is 1. The van der Waals surface area contributed by atoms with E-state index in [4.69, 9.17) is 14.2 Å². The lowest BCUT2D eigenvalue weighted by molar-refractivity contribution is -0.116. The summed E-state index contributed by atoms with van der Waals surface area (Å²) in [5.41, 5.74) is 2.21. The molecule has 146 valence electrons. The zero-order valence-corrected chi connectivity index (χ0v) is 16.1. The van der Waals surface area contributed by atoms with Crippen molar-refractivity contribution in [1.29, 1.82) is 0 Å². The Morgan fingerprint density at radius 3 is 2.68 bits per heavy atom. The summed E-state index contributed by atoms with van der Waals surface area (Å²) in [5, 5.41) is 3.07. The second-order valence-electron chi connectivity index (χ2n) is 7.30. The number of hydrogen-bond acceptors (Lipinski definition) is 4. The molecule has 2 aliphatic rings. The average Bonchev–Trinajstić information content (AvgIpc) is 2.71. The molecule has 0 atom stereocenters. The van der Waals surface area contributed by atoms with Crippen molar-refractivity contribution in [2.45, 2.75) is 24.7 Å². The van der Waals surface area contributed by atoms with E-state index in [2.05, 4.69) is 29.6 Å². The molecule has 1 heterocycles. The molecular formula is C23H25NO4. The van der Waals surface area contributed by atoms with Crippen LogP contribution >= 0.6 is 0 Å². The van der Waals surface area contributed by atoms with Crippen molar-refractivity contribution in [3.8, 4) is 17.2 Å². The predicted octanol–water partition coefficient (Wildman–Crippen LogP) is 3.72. The van der Waals surface area contributed by atoms with Gasteiger partial charge in [-0.3, -0.25) is 4.79 Å². The Kier molecular flexibility index (Phi) is 5.24. The highest BCUT2D eigenvalue weighted by Crippen LogP contribution is 2.43. The van der Waals surface area contributed by atoms with Crippen LogP contribution in [0.15, 0.2) is 48.5 Å². The monoisotopic (exact) mass is 379 g/mol. The maximum Gasteiger partial charge on any atom is 0.244 e. The fourth-order valence-electron chi connectivity index (χ4n) is 3.84. The molecule has 1 saturated carbocycles. The van der Waals surface area contributed by atoms with Crippen molar-refractivity contribution in [2.75, 3.05) is 26.9 Å². The summed E-state index contributed by atoms with van der Waals surface area (Å²) in [5.74, 6) is 1.76. The Hall–Kier alpha value is -2.95. The number of rotatable bonds is 6. The lowest BCUT2D eigenvalue weighted by atomic mass is 9.64. The normalized spacial score (nSPS) is 17.0. The van der Waals surface area contributed by atoms with E-state index in [0.29, 0.717) is 37.0 Å². The van der Waals surface area contributed by atoms with Crippen LogP contribution in [0.5, 0.6) is 17.2 Å². The minimum atomic E-state index is -0.101. The number of methoxy groups -OCH3 is 1. The maximum absolute atomic E-state index is 12.4. The van der Waals surface area contributed by atoms with Gasteiger partial charge in [0.2, 0.25) is 11.7 Å². The van der Waals surface area contributed by atoms with Gasteiger partial charge in [-0.1, -0.05) is 36.8 Å². The Morgan fingerprint density at radius 2 is 1.96 bits per heavy atom. The summed E-state index contributed by atoms with van der Waals surface area (Å²) < 4.78 is 16.6. The molecule has 0 spiro atoms. The highest BCUT2D eigenvalue weighted by atomic mass is 16.6. The number of hydrogen-bond donors (Lipinski definition) is 1. The van der Waals surface area contributed by atoms with E-state index in [1.807, 2.05) is 18.2 Å². The number of carbonyl (C=O) groups excluding carboxylic acids is 1. The van der Waals surface area contributed by atoms with E-state index >= 15 is 0 Å². The van der Waals surface area contributed by atoms with E-state index in [1.165, 1.54) is 12.0 Å².